The van der Waals surface area contributed by atoms with Crippen molar-refractivity contribution in [3.63, 3.8) is 0 Å². The molecule has 0 aliphatic heterocycles. The lowest BCUT2D eigenvalue weighted by molar-refractivity contribution is 0.469. The first-order valence-corrected chi connectivity index (χ1v) is 3.74. The molecule has 0 atom stereocenters. The third-order valence-corrected chi connectivity index (χ3v) is 1.24. The summed E-state index contributed by atoms with van der Waals surface area (Å²) in [6.45, 7) is 0. The van der Waals surface area contributed by atoms with Crippen LogP contribution in [-0.4, -0.2) is 20.8 Å². The van der Waals surface area contributed by atoms with Gasteiger partial charge in [-0.2, -0.15) is 12.6 Å². The van der Waals surface area contributed by atoms with Gasteiger partial charge in [0.1, 0.15) is 0 Å². The molecule has 4 heteroatoms. The molecule has 0 amide bonds. The van der Waals surface area contributed by atoms with Crippen LogP contribution < -0.4 is 0 Å². The molecule has 58 valence electrons. The number of hydrogen-bond donors (Lipinski definition) is 2. The minimum Gasteiger partial charge on any atom is -0.505 e. The maximum Gasteiger partial charge on any atom is 0.152 e. The summed E-state index contributed by atoms with van der Waals surface area (Å²) in [4.78, 5) is 7.67. The number of nitrogens with zero attached hydrogens (tertiary/aromatic N) is 2. The number of aromatic hydroxyl groups is 1. The molecular weight excluding hydrogens is 160 g/mol. The minimum atomic E-state index is 0.0769. The van der Waals surface area contributed by atoms with Gasteiger partial charge in [0.15, 0.2) is 11.6 Å². The van der Waals surface area contributed by atoms with Crippen LogP contribution in [0.2, 0.25) is 0 Å². The SMILES string of the molecule is Oc1cnc(C=CCS)nc1. The molecule has 1 aromatic rings. The van der Waals surface area contributed by atoms with E-state index in [0.29, 0.717) is 11.6 Å². The molecule has 0 aromatic carbocycles. The maximum absolute atomic E-state index is 8.82. The van der Waals surface area contributed by atoms with E-state index in [1.54, 1.807) is 6.08 Å². The molecule has 0 unspecified atom stereocenters. The fourth-order valence-electron chi connectivity index (χ4n) is 0.575. The van der Waals surface area contributed by atoms with E-state index in [4.69, 9.17) is 5.11 Å². The van der Waals surface area contributed by atoms with Gasteiger partial charge in [-0.25, -0.2) is 9.97 Å². The highest BCUT2D eigenvalue weighted by molar-refractivity contribution is 7.80. The van der Waals surface area contributed by atoms with Crippen LogP contribution in [0, 0.1) is 0 Å². The van der Waals surface area contributed by atoms with Gasteiger partial charge in [0.2, 0.25) is 0 Å². The Hall–Kier alpha value is -1.03. The summed E-state index contributed by atoms with van der Waals surface area (Å²) in [6, 6.07) is 0. The summed E-state index contributed by atoms with van der Waals surface area (Å²) < 4.78 is 0. The molecule has 11 heavy (non-hydrogen) atoms. The van der Waals surface area contributed by atoms with E-state index in [2.05, 4.69) is 22.6 Å². The Labute approximate surface area is 70.2 Å². The van der Waals surface area contributed by atoms with E-state index in [-0.39, 0.29) is 5.75 Å². The fourth-order valence-corrected chi connectivity index (χ4v) is 0.681. The quantitative estimate of drug-likeness (QED) is 0.650. The molecule has 0 spiro atoms. The van der Waals surface area contributed by atoms with Crippen molar-refractivity contribution in [2.75, 3.05) is 5.75 Å². The molecule has 1 N–H and O–H groups in total. The number of thiol groups is 1. The first-order chi connectivity index (χ1) is 5.33. The predicted molar refractivity (Wildman–Crippen MR) is 46.6 cm³/mol. The molecule has 1 heterocycles. The number of aromatic nitrogens is 2. The van der Waals surface area contributed by atoms with E-state index in [1.807, 2.05) is 6.08 Å². The molecular formula is C7H8N2OS. The van der Waals surface area contributed by atoms with Crippen LogP contribution in [0.5, 0.6) is 5.75 Å². The van der Waals surface area contributed by atoms with Crippen molar-refractivity contribution in [1.82, 2.24) is 9.97 Å². The fraction of sp³-hybridized carbons (Fsp3) is 0.143. The van der Waals surface area contributed by atoms with Gasteiger partial charge < -0.3 is 5.11 Å². The topological polar surface area (TPSA) is 46.0 Å². The zero-order chi connectivity index (χ0) is 8.10. The van der Waals surface area contributed by atoms with Crippen molar-refractivity contribution >= 4 is 18.7 Å². The van der Waals surface area contributed by atoms with Gasteiger partial charge in [-0.15, -0.1) is 0 Å². The van der Waals surface area contributed by atoms with Crippen LogP contribution in [0.3, 0.4) is 0 Å². The van der Waals surface area contributed by atoms with Gasteiger partial charge in [0.25, 0.3) is 0 Å². The highest BCUT2D eigenvalue weighted by Crippen LogP contribution is 2.02. The Kier molecular flexibility index (Phi) is 2.92. The Morgan fingerprint density at radius 1 is 1.45 bits per heavy atom. The molecule has 1 rings (SSSR count). The highest BCUT2D eigenvalue weighted by Gasteiger charge is 1.88. The lowest BCUT2D eigenvalue weighted by atomic mass is 10.5. The Morgan fingerprint density at radius 3 is 2.64 bits per heavy atom. The van der Waals surface area contributed by atoms with Gasteiger partial charge in [0.05, 0.1) is 12.4 Å². The Morgan fingerprint density at radius 2 is 2.09 bits per heavy atom. The van der Waals surface area contributed by atoms with Crippen LogP contribution in [-0.2, 0) is 0 Å². The van der Waals surface area contributed by atoms with Gasteiger partial charge in [0, 0.05) is 5.75 Å². The maximum atomic E-state index is 8.82. The summed E-state index contributed by atoms with van der Waals surface area (Å²) in [5, 5.41) is 8.82. The van der Waals surface area contributed by atoms with Crippen molar-refractivity contribution in [3.05, 3.63) is 24.3 Å². The second-order valence-electron chi connectivity index (χ2n) is 1.88. The molecule has 0 fully saturated rings. The van der Waals surface area contributed by atoms with E-state index in [0.717, 1.165) is 0 Å². The Bertz CT molecular complexity index is 245. The number of rotatable bonds is 2. The molecule has 3 nitrogen and oxygen atoms in total. The second-order valence-corrected chi connectivity index (χ2v) is 2.25. The van der Waals surface area contributed by atoms with Crippen LogP contribution in [0.15, 0.2) is 18.5 Å². The van der Waals surface area contributed by atoms with Gasteiger partial charge in [-0.05, 0) is 6.08 Å². The first-order valence-electron chi connectivity index (χ1n) is 3.11. The van der Waals surface area contributed by atoms with Crippen molar-refractivity contribution in [1.29, 1.82) is 0 Å². The zero-order valence-corrected chi connectivity index (χ0v) is 6.70. The zero-order valence-electron chi connectivity index (χ0n) is 5.81. The van der Waals surface area contributed by atoms with E-state index in [1.165, 1.54) is 12.4 Å². The first kappa shape index (κ1) is 8.07. The summed E-state index contributed by atoms with van der Waals surface area (Å²) in [5.41, 5.74) is 0. The Balaban J connectivity index is 2.73. The van der Waals surface area contributed by atoms with Crippen LogP contribution in [0.1, 0.15) is 5.82 Å². The smallest absolute Gasteiger partial charge is 0.152 e. The van der Waals surface area contributed by atoms with Crippen molar-refractivity contribution in [2.45, 2.75) is 0 Å². The average molecular weight is 168 g/mol. The standard InChI is InChI=1S/C7H8N2OS/c10-6-4-8-7(9-5-6)2-1-3-11/h1-2,4-5,10-11H,3H2. The predicted octanol–water partition coefficient (Wildman–Crippen LogP) is 1.13. The minimum absolute atomic E-state index is 0.0769. The third kappa shape index (κ3) is 2.59. The molecule has 0 aliphatic carbocycles. The largest absolute Gasteiger partial charge is 0.505 e. The summed E-state index contributed by atoms with van der Waals surface area (Å²) >= 11 is 3.98. The summed E-state index contributed by atoms with van der Waals surface area (Å²) in [6.07, 6.45) is 6.28. The lowest BCUT2D eigenvalue weighted by Gasteiger charge is -1.90. The molecule has 1 aromatic heterocycles. The lowest BCUT2D eigenvalue weighted by Crippen LogP contribution is -1.84. The number of hydrogen-bond acceptors (Lipinski definition) is 4. The molecule has 0 saturated carbocycles. The van der Waals surface area contributed by atoms with Gasteiger partial charge >= 0.3 is 0 Å². The molecule has 0 radical (unpaired) electrons. The van der Waals surface area contributed by atoms with Crippen LogP contribution in [0.4, 0.5) is 0 Å². The van der Waals surface area contributed by atoms with E-state index < -0.39 is 0 Å². The van der Waals surface area contributed by atoms with E-state index in [9.17, 15) is 0 Å². The molecule has 0 aliphatic rings. The molecule has 0 saturated heterocycles. The van der Waals surface area contributed by atoms with Crippen molar-refractivity contribution in [2.24, 2.45) is 0 Å². The highest BCUT2D eigenvalue weighted by atomic mass is 32.1. The summed E-state index contributed by atoms with van der Waals surface area (Å²) in [7, 11) is 0. The normalized spacial score (nSPS) is 10.6. The summed E-state index contributed by atoms with van der Waals surface area (Å²) in [5.74, 6) is 1.31. The van der Waals surface area contributed by atoms with Crippen LogP contribution >= 0.6 is 12.6 Å². The van der Waals surface area contributed by atoms with Gasteiger partial charge in [-0.1, -0.05) is 6.08 Å². The van der Waals surface area contributed by atoms with Crippen molar-refractivity contribution in [3.8, 4) is 5.75 Å². The van der Waals surface area contributed by atoms with Gasteiger partial charge in [-0.3, -0.25) is 0 Å². The van der Waals surface area contributed by atoms with E-state index >= 15 is 0 Å². The second kappa shape index (κ2) is 3.98. The third-order valence-electron chi connectivity index (χ3n) is 1.03. The average Bonchev–Trinajstić information content (AvgIpc) is 2.04. The van der Waals surface area contributed by atoms with Crippen molar-refractivity contribution < 1.29 is 5.11 Å². The molecule has 0 bridgehead atoms. The van der Waals surface area contributed by atoms with Crippen LogP contribution in [0.25, 0.3) is 6.08 Å². The monoisotopic (exact) mass is 168 g/mol.